The molecule has 0 aliphatic rings. The van der Waals surface area contributed by atoms with Gasteiger partial charge in [0.15, 0.2) is 0 Å². The predicted molar refractivity (Wildman–Crippen MR) is 54.5 cm³/mol. The molecule has 0 bridgehead atoms. The van der Waals surface area contributed by atoms with Crippen molar-refractivity contribution < 1.29 is 4.21 Å². The van der Waals surface area contributed by atoms with Gasteiger partial charge in [0, 0.05) is 21.7 Å². The Labute approximate surface area is 82.7 Å². The first kappa shape index (κ1) is 9.89. The van der Waals surface area contributed by atoms with Crippen molar-refractivity contribution in [3.8, 4) is 0 Å². The Morgan fingerprint density at radius 2 is 1.92 bits per heavy atom. The van der Waals surface area contributed by atoms with Crippen molar-refractivity contribution in [2.24, 2.45) is 5.73 Å². The van der Waals surface area contributed by atoms with Crippen LogP contribution in [0.5, 0.6) is 0 Å². The second-order valence-corrected chi connectivity index (χ2v) is 4.78. The van der Waals surface area contributed by atoms with Crippen molar-refractivity contribution in [2.75, 3.05) is 12.3 Å². The minimum Gasteiger partial charge on any atom is -0.330 e. The molecule has 0 saturated carbocycles. The predicted octanol–water partition coefficient (Wildman–Crippen LogP) is 1.52. The molecule has 4 heteroatoms. The molecule has 0 amide bonds. The third-order valence-electron chi connectivity index (χ3n) is 1.38. The fraction of sp³-hybridized carbons (Fsp3) is 0.250. The first-order chi connectivity index (χ1) is 5.74. The highest BCUT2D eigenvalue weighted by molar-refractivity contribution is 9.10. The van der Waals surface area contributed by atoms with Crippen LogP contribution in [0.25, 0.3) is 0 Å². The van der Waals surface area contributed by atoms with Crippen molar-refractivity contribution >= 4 is 26.7 Å². The largest absolute Gasteiger partial charge is 0.330 e. The number of hydrogen-bond acceptors (Lipinski definition) is 2. The Kier molecular flexibility index (Phi) is 3.91. The summed E-state index contributed by atoms with van der Waals surface area (Å²) in [6.45, 7) is 0.461. The molecule has 0 saturated heterocycles. The minimum atomic E-state index is -0.938. The van der Waals surface area contributed by atoms with E-state index in [2.05, 4.69) is 15.9 Å². The summed E-state index contributed by atoms with van der Waals surface area (Å²) in [5.41, 5.74) is 5.29. The monoisotopic (exact) mass is 247 g/mol. The Hall–Kier alpha value is -0.190. The lowest BCUT2D eigenvalue weighted by atomic mass is 10.4. The molecular weight excluding hydrogens is 238 g/mol. The molecule has 0 aromatic heterocycles. The van der Waals surface area contributed by atoms with Gasteiger partial charge in [-0.05, 0) is 24.3 Å². The van der Waals surface area contributed by atoms with E-state index in [1.807, 2.05) is 24.3 Å². The van der Waals surface area contributed by atoms with Gasteiger partial charge in [0.1, 0.15) is 0 Å². The molecule has 1 rings (SSSR count). The third-order valence-corrected chi connectivity index (χ3v) is 3.31. The summed E-state index contributed by atoms with van der Waals surface area (Å²) in [5.74, 6) is 0.529. The standard InChI is InChI=1S/C8H10BrNOS/c9-7-1-3-8(4-2-7)12(11)6-5-10/h1-4H,5-6,10H2. The molecule has 66 valence electrons. The fourth-order valence-electron chi connectivity index (χ4n) is 0.811. The maximum atomic E-state index is 11.4. The van der Waals surface area contributed by atoms with Gasteiger partial charge in [-0.1, -0.05) is 15.9 Å². The van der Waals surface area contributed by atoms with Gasteiger partial charge in [0.05, 0.1) is 10.8 Å². The highest BCUT2D eigenvalue weighted by Gasteiger charge is 2.00. The van der Waals surface area contributed by atoms with Gasteiger partial charge in [-0.3, -0.25) is 4.21 Å². The molecule has 2 N–H and O–H groups in total. The van der Waals surface area contributed by atoms with Gasteiger partial charge in [-0.2, -0.15) is 0 Å². The van der Waals surface area contributed by atoms with Gasteiger partial charge >= 0.3 is 0 Å². The molecular formula is C8H10BrNOS. The van der Waals surface area contributed by atoms with E-state index in [4.69, 9.17) is 5.73 Å². The summed E-state index contributed by atoms with van der Waals surface area (Å²) >= 11 is 3.31. The van der Waals surface area contributed by atoms with Gasteiger partial charge in [-0.15, -0.1) is 0 Å². The number of rotatable bonds is 3. The zero-order valence-electron chi connectivity index (χ0n) is 6.50. The van der Waals surface area contributed by atoms with Crippen LogP contribution in [-0.2, 0) is 10.8 Å². The SMILES string of the molecule is NCCS(=O)c1ccc(Br)cc1. The minimum absolute atomic E-state index is 0.461. The number of nitrogens with two attached hydrogens (primary N) is 1. The topological polar surface area (TPSA) is 43.1 Å². The molecule has 1 aromatic carbocycles. The van der Waals surface area contributed by atoms with Crippen molar-refractivity contribution in [1.29, 1.82) is 0 Å². The molecule has 1 unspecified atom stereocenters. The molecule has 0 spiro atoms. The third kappa shape index (κ3) is 2.69. The van der Waals surface area contributed by atoms with Crippen LogP contribution in [0.1, 0.15) is 0 Å². The Balaban J connectivity index is 2.75. The highest BCUT2D eigenvalue weighted by Crippen LogP contribution is 2.13. The zero-order chi connectivity index (χ0) is 8.97. The lowest BCUT2D eigenvalue weighted by Gasteiger charge is -1.99. The second kappa shape index (κ2) is 4.74. The summed E-state index contributed by atoms with van der Waals surface area (Å²) < 4.78 is 12.4. The number of halogens is 1. The van der Waals surface area contributed by atoms with Crippen LogP contribution in [0.15, 0.2) is 33.6 Å². The second-order valence-electron chi connectivity index (χ2n) is 2.29. The summed E-state index contributed by atoms with van der Waals surface area (Å²) in [7, 11) is -0.938. The Morgan fingerprint density at radius 3 is 2.42 bits per heavy atom. The van der Waals surface area contributed by atoms with Crippen LogP contribution < -0.4 is 5.73 Å². The van der Waals surface area contributed by atoms with E-state index >= 15 is 0 Å². The van der Waals surface area contributed by atoms with Gasteiger partial charge < -0.3 is 5.73 Å². The molecule has 1 aromatic rings. The molecule has 1 atom stereocenters. The van der Waals surface area contributed by atoms with Crippen LogP contribution in [0.3, 0.4) is 0 Å². The maximum absolute atomic E-state index is 11.4. The molecule has 0 aliphatic heterocycles. The molecule has 0 aliphatic carbocycles. The van der Waals surface area contributed by atoms with E-state index in [9.17, 15) is 4.21 Å². The maximum Gasteiger partial charge on any atom is 0.0542 e. The summed E-state index contributed by atoms with van der Waals surface area (Å²) in [4.78, 5) is 0.837. The highest BCUT2D eigenvalue weighted by atomic mass is 79.9. The Morgan fingerprint density at radius 1 is 1.33 bits per heavy atom. The van der Waals surface area contributed by atoms with Gasteiger partial charge in [0.25, 0.3) is 0 Å². The smallest absolute Gasteiger partial charge is 0.0542 e. The van der Waals surface area contributed by atoms with E-state index in [1.165, 1.54) is 0 Å². The normalized spacial score (nSPS) is 12.8. The molecule has 12 heavy (non-hydrogen) atoms. The molecule has 0 heterocycles. The van der Waals surface area contributed by atoms with Crippen molar-refractivity contribution in [3.63, 3.8) is 0 Å². The van der Waals surface area contributed by atoms with Gasteiger partial charge in [-0.25, -0.2) is 0 Å². The number of hydrogen-bond donors (Lipinski definition) is 1. The summed E-state index contributed by atoms with van der Waals surface area (Å²) in [6.07, 6.45) is 0. The van der Waals surface area contributed by atoms with E-state index in [1.54, 1.807) is 0 Å². The van der Waals surface area contributed by atoms with E-state index < -0.39 is 10.8 Å². The molecule has 0 radical (unpaired) electrons. The van der Waals surface area contributed by atoms with E-state index in [0.717, 1.165) is 9.37 Å². The summed E-state index contributed by atoms with van der Waals surface area (Å²) in [6, 6.07) is 7.44. The number of benzene rings is 1. The fourth-order valence-corrected chi connectivity index (χ4v) is 1.97. The lowest BCUT2D eigenvalue weighted by molar-refractivity contribution is 0.682. The van der Waals surface area contributed by atoms with Crippen molar-refractivity contribution in [3.05, 3.63) is 28.7 Å². The quantitative estimate of drug-likeness (QED) is 0.881. The summed E-state index contributed by atoms with van der Waals surface area (Å²) in [5, 5.41) is 0. The van der Waals surface area contributed by atoms with Crippen LogP contribution >= 0.6 is 15.9 Å². The zero-order valence-corrected chi connectivity index (χ0v) is 8.90. The average molecular weight is 248 g/mol. The molecule has 2 nitrogen and oxygen atoms in total. The van der Waals surface area contributed by atoms with Crippen LogP contribution in [0.4, 0.5) is 0 Å². The first-order valence-corrected chi connectivity index (χ1v) is 5.69. The van der Waals surface area contributed by atoms with Crippen LogP contribution in [0, 0.1) is 0 Å². The van der Waals surface area contributed by atoms with Crippen molar-refractivity contribution in [1.82, 2.24) is 0 Å². The van der Waals surface area contributed by atoms with E-state index in [0.29, 0.717) is 12.3 Å². The first-order valence-electron chi connectivity index (χ1n) is 3.58. The Bertz CT molecular complexity index is 273. The van der Waals surface area contributed by atoms with Crippen molar-refractivity contribution in [2.45, 2.75) is 4.90 Å². The average Bonchev–Trinajstić information content (AvgIpc) is 2.06. The van der Waals surface area contributed by atoms with Gasteiger partial charge in [0.2, 0.25) is 0 Å². The van der Waals surface area contributed by atoms with E-state index in [-0.39, 0.29) is 0 Å². The van der Waals surface area contributed by atoms with Crippen LogP contribution in [-0.4, -0.2) is 16.5 Å². The van der Waals surface area contributed by atoms with Crippen LogP contribution in [0.2, 0.25) is 0 Å². The molecule has 0 fully saturated rings. The lowest BCUT2D eigenvalue weighted by Crippen LogP contribution is -2.10.